The maximum Gasteiger partial charge on any atom is 0.272 e. The van der Waals surface area contributed by atoms with Crippen molar-refractivity contribution in [1.29, 1.82) is 0 Å². The van der Waals surface area contributed by atoms with Crippen molar-refractivity contribution < 1.29 is 14.3 Å². The van der Waals surface area contributed by atoms with Crippen LogP contribution in [-0.4, -0.2) is 11.9 Å². The molecule has 94 valence electrons. The van der Waals surface area contributed by atoms with E-state index in [1.54, 1.807) is 0 Å². The number of carbonyl (C=O) groups excluding carboxylic acids is 1. The van der Waals surface area contributed by atoms with Crippen LogP contribution in [0.15, 0.2) is 48.5 Å². The largest absolute Gasteiger partial charge is 0.454 e. The van der Waals surface area contributed by atoms with E-state index in [9.17, 15) is 4.79 Å². The van der Waals surface area contributed by atoms with Crippen molar-refractivity contribution in [2.24, 2.45) is 0 Å². The van der Waals surface area contributed by atoms with E-state index in [1.165, 1.54) is 0 Å². The van der Waals surface area contributed by atoms with E-state index in [2.05, 4.69) is 0 Å². The number of hydrogen-bond donors (Lipinski definition) is 0. The molecule has 0 radical (unpaired) electrons. The van der Waals surface area contributed by atoms with Crippen LogP contribution in [0.3, 0.4) is 0 Å². The monoisotopic (exact) mass is 252 g/mol. The molecule has 0 bridgehead atoms. The molecule has 2 aromatic rings. The smallest absolute Gasteiger partial charge is 0.272 e. The van der Waals surface area contributed by atoms with E-state index in [-0.39, 0.29) is 5.78 Å². The van der Waals surface area contributed by atoms with E-state index in [0.29, 0.717) is 11.3 Å². The predicted octanol–water partition coefficient (Wildman–Crippen LogP) is 2.82. The van der Waals surface area contributed by atoms with Gasteiger partial charge in [0, 0.05) is 5.56 Å². The van der Waals surface area contributed by atoms with Gasteiger partial charge in [-0.05, 0) is 19.1 Å². The van der Waals surface area contributed by atoms with Crippen molar-refractivity contribution in [2.75, 3.05) is 0 Å². The van der Waals surface area contributed by atoms with Gasteiger partial charge in [-0.15, -0.1) is 0 Å². The van der Waals surface area contributed by atoms with Gasteiger partial charge in [0.05, 0.1) is 5.56 Å². The summed E-state index contributed by atoms with van der Waals surface area (Å²) >= 11 is 0. The van der Waals surface area contributed by atoms with E-state index >= 15 is 0 Å². The highest BCUT2D eigenvalue weighted by atomic mass is 16.8. The average Bonchev–Trinajstić information content (AvgIpc) is 3.17. The van der Waals surface area contributed by atoms with Gasteiger partial charge in [-0.1, -0.05) is 42.0 Å². The van der Waals surface area contributed by atoms with E-state index in [1.807, 2.05) is 55.5 Å². The predicted molar refractivity (Wildman–Crippen MR) is 69.1 cm³/mol. The van der Waals surface area contributed by atoms with E-state index < -0.39 is 11.9 Å². The summed E-state index contributed by atoms with van der Waals surface area (Å²) in [6.45, 7) is 1.96. The van der Waals surface area contributed by atoms with Crippen LogP contribution >= 0.6 is 0 Å². The highest BCUT2D eigenvalue weighted by molar-refractivity contribution is 6.05. The molecule has 1 saturated heterocycles. The Hall–Kier alpha value is -2.13. The molecule has 0 N–H and O–H groups in total. The first-order chi connectivity index (χ1) is 9.21. The maximum atomic E-state index is 12.4. The number of ether oxygens (including phenoxy) is 2. The fraction of sp³-hybridized carbons (Fsp3) is 0.188. The van der Waals surface area contributed by atoms with E-state index in [4.69, 9.17) is 9.47 Å². The van der Waals surface area contributed by atoms with E-state index in [0.717, 1.165) is 11.1 Å². The Labute approximate surface area is 110 Å². The van der Waals surface area contributed by atoms with Crippen LogP contribution in [0.1, 0.15) is 21.5 Å². The number of aryl methyl sites for hydroxylation is 1. The molecule has 3 nitrogen and oxygen atoms in total. The molecule has 4 rings (SSSR count). The van der Waals surface area contributed by atoms with Crippen molar-refractivity contribution in [3.8, 4) is 5.75 Å². The second kappa shape index (κ2) is 3.45. The van der Waals surface area contributed by atoms with Crippen molar-refractivity contribution in [3.63, 3.8) is 0 Å². The van der Waals surface area contributed by atoms with Crippen molar-refractivity contribution in [1.82, 2.24) is 0 Å². The first-order valence-corrected chi connectivity index (χ1v) is 6.28. The minimum Gasteiger partial charge on any atom is -0.454 e. The molecule has 2 unspecified atom stereocenters. The number of hydrogen-bond acceptors (Lipinski definition) is 3. The molecule has 2 aliphatic rings. The summed E-state index contributed by atoms with van der Waals surface area (Å²) < 4.78 is 11.6. The van der Waals surface area contributed by atoms with Gasteiger partial charge in [-0.25, -0.2) is 0 Å². The minimum atomic E-state index is -0.902. The molecule has 1 fully saturated rings. The van der Waals surface area contributed by atoms with Crippen molar-refractivity contribution in [2.45, 2.75) is 18.8 Å². The molecule has 0 spiro atoms. The molecule has 2 aromatic carbocycles. The molecule has 0 aromatic heterocycles. The topological polar surface area (TPSA) is 38.8 Å². The van der Waals surface area contributed by atoms with Gasteiger partial charge in [-0.3, -0.25) is 4.79 Å². The molecule has 3 heteroatoms. The molecular weight excluding hydrogens is 240 g/mol. The quantitative estimate of drug-likeness (QED) is 0.732. The van der Waals surface area contributed by atoms with Crippen LogP contribution in [-0.2, 0) is 10.5 Å². The molecule has 0 amide bonds. The van der Waals surface area contributed by atoms with Gasteiger partial charge in [0.1, 0.15) is 5.75 Å². The lowest BCUT2D eigenvalue weighted by Crippen LogP contribution is -2.30. The summed E-state index contributed by atoms with van der Waals surface area (Å²) in [5, 5.41) is 0. The van der Waals surface area contributed by atoms with Crippen LogP contribution in [0.5, 0.6) is 5.75 Å². The Bertz CT molecular complexity index is 678. The SMILES string of the molecule is Cc1ccc2c(c1)C(=O)C1OC1(c1ccccc1)O2. The molecule has 19 heavy (non-hydrogen) atoms. The van der Waals surface area contributed by atoms with Gasteiger partial charge in [0.25, 0.3) is 5.79 Å². The third-order valence-electron chi connectivity index (χ3n) is 3.66. The number of Topliss-reactive ketones (excluding diaryl/α,β-unsaturated/α-hetero) is 1. The maximum absolute atomic E-state index is 12.4. The highest BCUT2D eigenvalue weighted by Gasteiger charge is 2.67. The lowest BCUT2D eigenvalue weighted by atomic mass is 9.95. The fourth-order valence-electron chi connectivity index (χ4n) is 2.62. The van der Waals surface area contributed by atoms with Crippen LogP contribution in [0.25, 0.3) is 0 Å². The van der Waals surface area contributed by atoms with Crippen LogP contribution in [0.2, 0.25) is 0 Å². The summed E-state index contributed by atoms with van der Waals surface area (Å²) in [7, 11) is 0. The Morgan fingerprint density at radius 1 is 1.11 bits per heavy atom. The second-order valence-corrected chi connectivity index (χ2v) is 5.00. The summed E-state index contributed by atoms with van der Waals surface area (Å²) in [6, 6.07) is 15.2. The number of fused-ring (bicyclic) bond motifs is 2. The van der Waals surface area contributed by atoms with Crippen molar-refractivity contribution in [3.05, 3.63) is 65.2 Å². The molecule has 2 aliphatic heterocycles. The van der Waals surface area contributed by atoms with Gasteiger partial charge in [0.2, 0.25) is 5.78 Å². The first kappa shape index (κ1) is 10.8. The Kier molecular flexibility index (Phi) is 1.96. The molecular formula is C16H12O3. The standard InChI is InChI=1S/C16H12O3/c1-10-7-8-13-12(9-10)14(17)15-16(18-13,19-15)11-5-3-2-4-6-11/h2-9,15H,1H3. The lowest BCUT2D eigenvalue weighted by Gasteiger charge is -2.22. The zero-order valence-electron chi connectivity index (χ0n) is 10.4. The zero-order chi connectivity index (χ0) is 13.0. The van der Waals surface area contributed by atoms with Crippen LogP contribution < -0.4 is 4.74 Å². The highest BCUT2D eigenvalue weighted by Crippen LogP contribution is 2.53. The van der Waals surface area contributed by atoms with Gasteiger partial charge < -0.3 is 9.47 Å². The van der Waals surface area contributed by atoms with Crippen molar-refractivity contribution >= 4 is 5.78 Å². The molecule has 0 aliphatic carbocycles. The third-order valence-corrected chi connectivity index (χ3v) is 3.66. The fourth-order valence-corrected chi connectivity index (χ4v) is 2.62. The van der Waals surface area contributed by atoms with Gasteiger partial charge >= 0.3 is 0 Å². The third kappa shape index (κ3) is 1.39. The molecule has 2 heterocycles. The summed E-state index contributed by atoms with van der Waals surface area (Å²) in [6.07, 6.45) is -0.510. The number of benzene rings is 2. The summed E-state index contributed by atoms with van der Waals surface area (Å²) in [5.41, 5.74) is 2.55. The van der Waals surface area contributed by atoms with Crippen LogP contribution in [0, 0.1) is 6.92 Å². The molecule has 0 saturated carbocycles. The Balaban J connectivity index is 1.83. The lowest BCUT2D eigenvalue weighted by molar-refractivity contribution is 0.0571. The molecule has 2 atom stereocenters. The first-order valence-electron chi connectivity index (χ1n) is 6.28. The zero-order valence-corrected chi connectivity index (χ0v) is 10.4. The Morgan fingerprint density at radius 2 is 1.89 bits per heavy atom. The average molecular weight is 252 g/mol. The second-order valence-electron chi connectivity index (χ2n) is 5.00. The normalized spacial score (nSPS) is 27.2. The Morgan fingerprint density at radius 3 is 2.68 bits per heavy atom. The summed E-state index contributed by atoms with van der Waals surface area (Å²) in [5.74, 6) is -0.289. The number of epoxide rings is 1. The van der Waals surface area contributed by atoms with Gasteiger partial charge in [0.15, 0.2) is 6.10 Å². The van der Waals surface area contributed by atoms with Gasteiger partial charge in [-0.2, -0.15) is 0 Å². The summed E-state index contributed by atoms with van der Waals surface area (Å²) in [4.78, 5) is 12.4. The minimum absolute atomic E-state index is 0.00815. The number of rotatable bonds is 1. The van der Waals surface area contributed by atoms with Crippen LogP contribution in [0.4, 0.5) is 0 Å². The number of carbonyl (C=O) groups is 1. The number of ketones is 1.